The van der Waals surface area contributed by atoms with E-state index in [2.05, 4.69) is 26.8 Å². The van der Waals surface area contributed by atoms with Crippen LogP contribution in [-0.4, -0.2) is 0 Å². The molecule has 0 nitrogen and oxygen atoms in total. The molecule has 0 aromatic heterocycles. The summed E-state index contributed by atoms with van der Waals surface area (Å²) in [6.07, 6.45) is 14.8. The number of allylic oxidation sites excluding steroid dienone is 2. The second kappa shape index (κ2) is 10.8. The SMILES string of the molecule is CCC=C(C)CCCCCCCCC. The number of hydrogen-bond donors (Lipinski definition) is 0. The molecule has 0 atom stereocenters. The minimum absolute atomic E-state index is 1.20. The minimum Gasteiger partial charge on any atom is -0.0859 e. The van der Waals surface area contributed by atoms with Crippen molar-refractivity contribution in [3.05, 3.63) is 11.6 Å². The first-order valence-electron chi connectivity index (χ1n) is 6.46. The van der Waals surface area contributed by atoms with E-state index >= 15 is 0 Å². The summed E-state index contributed by atoms with van der Waals surface area (Å²) in [7, 11) is 0. The normalized spacial score (nSPS) is 12.1. The quantitative estimate of drug-likeness (QED) is 0.338. The Labute approximate surface area is 90.8 Å². The highest BCUT2D eigenvalue weighted by atomic mass is 14.0. The van der Waals surface area contributed by atoms with Crippen LogP contribution in [0.5, 0.6) is 0 Å². The predicted molar refractivity (Wildman–Crippen MR) is 66.7 cm³/mol. The van der Waals surface area contributed by atoms with E-state index < -0.39 is 0 Å². The van der Waals surface area contributed by atoms with E-state index in [4.69, 9.17) is 0 Å². The third kappa shape index (κ3) is 9.83. The van der Waals surface area contributed by atoms with Gasteiger partial charge >= 0.3 is 0 Å². The molecule has 0 unspecified atom stereocenters. The van der Waals surface area contributed by atoms with Crippen molar-refractivity contribution in [2.75, 3.05) is 0 Å². The molecule has 0 amide bonds. The Morgan fingerprint density at radius 3 is 2.00 bits per heavy atom. The van der Waals surface area contributed by atoms with Crippen LogP contribution in [0.1, 0.15) is 78.6 Å². The fraction of sp³-hybridized carbons (Fsp3) is 0.857. The van der Waals surface area contributed by atoms with Crippen molar-refractivity contribution in [2.45, 2.75) is 78.6 Å². The van der Waals surface area contributed by atoms with Crippen molar-refractivity contribution in [1.29, 1.82) is 0 Å². The summed E-state index contributed by atoms with van der Waals surface area (Å²) in [5.41, 5.74) is 1.58. The molecule has 0 aliphatic rings. The lowest BCUT2D eigenvalue weighted by Gasteiger charge is -2.01. The summed E-state index contributed by atoms with van der Waals surface area (Å²) in [5, 5.41) is 0. The molecule has 0 fully saturated rings. The Hall–Kier alpha value is -0.260. The predicted octanol–water partition coefficient (Wildman–Crippen LogP) is 5.48. The van der Waals surface area contributed by atoms with E-state index in [0.717, 1.165) is 0 Å². The molecule has 0 heteroatoms. The highest BCUT2D eigenvalue weighted by molar-refractivity contribution is 4.96. The largest absolute Gasteiger partial charge is 0.0859 e. The summed E-state index contributed by atoms with van der Waals surface area (Å²) < 4.78 is 0. The van der Waals surface area contributed by atoms with Gasteiger partial charge in [0, 0.05) is 0 Å². The molecule has 0 aliphatic carbocycles. The van der Waals surface area contributed by atoms with Crippen LogP contribution in [0, 0.1) is 0 Å². The van der Waals surface area contributed by atoms with Crippen molar-refractivity contribution in [1.82, 2.24) is 0 Å². The summed E-state index contributed by atoms with van der Waals surface area (Å²) >= 11 is 0. The molecule has 0 bridgehead atoms. The average Bonchev–Trinajstić information content (AvgIpc) is 2.17. The smallest absolute Gasteiger partial charge is 0.0323 e. The van der Waals surface area contributed by atoms with E-state index in [-0.39, 0.29) is 0 Å². The first-order chi connectivity index (χ1) is 6.81. The zero-order valence-electron chi connectivity index (χ0n) is 10.4. The van der Waals surface area contributed by atoms with Crippen molar-refractivity contribution in [3.8, 4) is 0 Å². The van der Waals surface area contributed by atoms with Crippen LogP contribution < -0.4 is 0 Å². The second-order valence-electron chi connectivity index (χ2n) is 4.33. The molecule has 0 aromatic rings. The lowest BCUT2D eigenvalue weighted by molar-refractivity contribution is 0.588. The third-order valence-electron chi connectivity index (χ3n) is 2.73. The molecule has 84 valence electrons. The summed E-state index contributed by atoms with van der Waals surface area (Å²) in [5.74, 6) is 0. The molecule has 0 radical (unpaired) electrons. The van der Waals surface area contributed by atoms with Gasteiger partial charge in [0.25, 0.3) is 0 Å². The molecule has 0 aromatic carbocycles. The zero-order chi connectivity index (χ0) is 10.6. The van der Waals surface area contributed by atoms with Crippen LogP contribution in [0.4, 0.5) is 0 Å². The van der Waals surface area contributed by atoms with Crippen LogP contribution in [-0.2, 0) is 0 Å². The maximum Gasteiger partial charge on any atom is -0.0323 e. The Morgan fingerprint density at radius 2 is 1.43 bits per heavy atom. The lowest BCUT2D eigenvalue weighted by atomic mass is 10.1. The third-order valence-corrected chi connectivity index (χ3v) is 2.73. The lowest BCUT2D eigenvalue weighted by Crippen LogP contribution is -1.82. The number of hydrogen-bond acceptors (Lipinski definition) is 0. The molecule has 14 heavy (non-hydrogen) atoms. The van der Waals surface area contributed by atoms with Crippen molar-refractivity contribution in [2.24, 2.45) is 0 Å². The fourth-order valence-corrected chi connectivity index (χ4v) is 1.81. The highest BCUT2D eigenvalue weighted by Crippen LogP contribution is 2.12. The van der Waals surface area contributed by atoms with Crippen LogP contribution in [0.15, 0.2) is 11.6 Å². The maximum absolute atomic E-state index is 2.36. The van der Waals surface area contributed by atoms with E-state index in [0.29, 0.717) is 0 Å². The van der Waals surface area contributed by atoms with Crippen LogP contribution in [0.2, 0.25) is 0 Å². The van der Waals surface area contributed by atoms with Gasteiger partial charge in [0.05, 0.1) is 0 Å². The summed E-state index contributed by atoms with van der Waals surface area (Å²) in [4.78, 5) is 0. The first-order valence-corrected chi connectivity index (χ1v) is 6.46. The van der Waals surface area contributed by atoms with E-state index in [1.807, 2.05) is 0 Å². The van der Waals surface area contributed by atoms with E-state index in [1.165, 1.54) is 57.8 Å². The van der Waals surface area contributed by atoms with Crippen molar-refractivity contribution in [3.63, 3.8) is 0 Å². The van der Waals surface area contributed by atoms with Crippen molar-refractivity contribution < 1.29 is 0 Å². The summed E-state index contributed by atoms with van der Waals surface area (Å²) in [6, 6.07) is 0. The molecular weight excluding hydrogens is 168 g/mol. The van der Waals surface area contributed by atoms with Gasteiger partial charge < -0.3 is 0 Å². The van der Waals surface area contributed by atoms with Gasteiger partial charge in [0.15, 0.2) is 0 Å². The molecule has 0 spiro atoms. The van der Waals surface area contributed by atoms with Crippen LogP contribution >= 0.6 is 0 Å². The molecule has 0 heterocycles. The molecule has 0 aliphatic heterocycles. The molecule has 0 saturated carbocycles. The monoisotopic (exact) mass is 196 g/mol. The van der Waals surface area contributed by atoms with Crippen LogP contribution in [0.25, 0.3) is 0 Å². The van der Waals surface area contributed by atoms with E-state index in [9.17, 15) is 0 Å². The van der Waals surface area contributed by atoms with Gasteiger partial charge in [-0.25, -0.2) is 0 Å². The maximum atomic E-state index is 2.36. The van der Waals surface area contributed by atoms with Gasteiger partial charge in [-0.2, -0.15) is 0 Å². The standard InChI is InChI=1S/C14H28/c1-4-6-7-8-9-10-11-13-14(3)12-5-2/h12H,4-11,13H2,1-3H3. The van der Waals surface area contributed by atoms with Gasteiger partial charge in [-0.15, -0.1) is 0 Å². The fourth-order valence-electron chi connectivity index (χ4n) is 1.81. The minimum atomic E-state index is 1.20. The Balaban J connectivity index is 3.09. The Bertz CT molecular complexity index is 133. The molecule has 0 rings (SSSR count). The highest BCUT2D eigenvalue weighted by Gasteiger charge is 1.92. The van der Waals surface area contributed by atoms with Gasteiger partial charge in [-0.3, -0.25) is 0 Å². The molecular formula is C14H28. The Kier molecular flexibility index (Phi) is 10.6. The number of rotatable bonds is 9. The molecule has 0 N–H and O–H groups in total. The Morgan fingerprint density at radius 1 is 0.857 bits per heavy atom. The molecule has 0 saturated heterocycles. The number of unbranched alkanes of at least 4 members (excludes halogenated alkanes) is 6. The second-order valence-corrected chi connectivity index (χ2v) is 4.33. The zero-order valence-corrected chi connectivity index (χ0v) is 10.4. The average molecular weight is 196 g/mol. The van der Waals surface area contributed by atoms with Crippen molar-refractivity contribution >= 4 is 0 Å². The van der Waals surface area contributed by atoms with Gasteiger partial charge in [-0.05, 0) is 26.2 Å². The van der Waals surface area contributed by atoms with Gasteiger partial charge in [-0.1, -0.05) is 64.0 Å². The van der Waals surface area contributed by atoms with Gasteiger partial charge in [0.2, 0.25) is 0 Å². The topological polar surface area (TPSA) is 0 Å². The first kappa shape index (κ1) is 13.7. The summed E-state index contributed by atoms with van der Waals surface area (Å²) in [6.45, 7) is 6.76. The van der Waals surface area contributed by atoms with Crippen LogP contribution in [0.3, 0.4) is 0 Å². The van der Waals surface area contributed by atoms with Gasteiger partial charge in [0.1, 0.15) is 0 Å². The van der Waals surface area contributed by atoms with E-state index in [1.54, 1.807) is 5.57 Å².